The molecule has 3 heterocycles. The van der Waals surface area contributed by atoms with E-state index in [9.17, 15) is 8.42 Å². The van der Waals surface area contributed by atoms with E-state index >= 15 is 0 Å². The summed E-state index contributed by atoms with van der Waals surface area (Å²) < 4.78 is 27.4. The summed E-state index contributed by atoms with van der Waals surface area (Å²) in [6, 6.07) is 7.94. The quantitative estimate of drug-likeness (QED) is 0.719. The van der Waals surface area contributed by atoms with Crippen LogP contribution in [-0.4, -0.2) is 64.0 Å². The first-order chi connectivity index (χ1) is 12.4. The van der Waals surface area contributed by atoms with Crippen molar-refractivity contribution in [2.45, 2.75) is 25.3 Å². The summed E-state index contributed by atoms with van der Waals surface area (Å²) >= 11 is 0. The second-order valence-electron chi connectivity index (χ2n) is 6.64. The molecule has 1 fully saturated rings. The van der Waals surface area contributed by atoms with Crippen LogP contribution < -0.4 is 0 Å². The van der Waals surface area contributed by atoms with Gasteiger partial charge in [0.25, 0.3) is 0 Å². The lowest BCUT2D eigenvalue weighted by molar-refractivity contribution is 0.178. The summed E-state index contributed by atoms with van der Waals surface area (Å²) in [6.07, 6.45) is 0. The lowest BCUT2D eigenvalue weighted by Crippen LogP contribution is -2.48. The van der Waals surface area contributed by atoms with Crippen molar-refractivity contribution >= 4 is 21.1 Å². The van der Waals surface area contributed by atoms with Crippen molar-refractivity contribution < 1.29 is 8.42 Å². The molecule has 1 aliphatic heterocycles. The number of aromatic amines is 2. The van der Waals surface area contributed by atoms with E-state index in [1.54, 1.807) is 18.2 Å². The summed E-state index contributed by atoms with van der Waals surface area (Å²) in [5.41, 5.74) is 3.09. The van der Waals surface area contributed by atoms with Crippen LogP contribution in [-0.2, 0) is 16.6 Å². The lowest BCUT2D eigenvalue weighted by Gasteiger charge is -2.33. The Balaban J connectivity index is 1.44. The number of fused-ring (bicyclic) bond motifs is 1. The fourth-order valence-electron chi connectivity index (χ4n) is 3.47. The van der Waals surface area contributed by atoms with E-state index in [1.165, 1.54) is 0 Å². The van der Waals surface area contributed by atoms with Gasteiger partial charge in [-0.15, -0.1) is 0 Å². The predicted molar refractivity (Wildman–Crippen MR) is 98.2 cm³/mol. The van der Waals surface area contributed by atoms with Gasteiger partial charge in [0.1, 0.15) is 10.7 Å². The van der Waals surface area contributed by atoms with E-state index < -0.39 is 10.0 Å². The minimum atomic E-state index is -3.51. The Morgan fingerprint density at radius 3 is 2.50 bits per heavy atom. The first-order valence-corrected chi connectivity index (χ1v) is 10.1. The average Bonchev–Trinajstić information content (AvgIpc) is 3.17. The Morgan fingerprint density at radius 1 is 1.12 bits per heavy atom. The molecule has 4 rings (SSSR count). The van der Waals surface area contributed by atoms with Crippen molar-refractivity contribution in [3.05, 3.63) is 41.5 Å². The normalized spacial score (nSPS) is 17.2. The SMILES string of the molecule is Cc1n[nH]c(C)c1S(=O)(=O)N1CCN(Cc2nc3ccccc3[nH]2)CC1. The molecule has 0 spiro atoms. The second-order valence-corrected chi connectivity index (χ2v) is 8.52. The second kappa shape index (κ2) is 6.49. The maximum absolute atomic E-state index is 12.9. The van der Waals surface area contributed by atoms with Gasteiger partial charge in [-0.1, -0.05) is 12.1 Å². The maximum Gasteiger partial charge on any atom is 0.246 e. The maximum atomic E-state index is 12.9. The van der Waals surface area contributed by atoms with Crippen LogP contribution in [0.2, 0.25) is 0 Å². The van der Waals surface area contributed by atoms with Crippen LogP contribution in [0.1, 0.15) is 17.2 Å². The minimum absolute atomic E-state index is 0.309. The molecule has 1 saturated heterocycles. The Kier molecular flexibility index (Phi) is 4.29. The fourth-order valence-corrected chi connectivity index (χ4v) is 5.22. The molecule has 2 N–H and O–H groups in total. The van der Waals surface area contributed by atoms with E-state index in [-0.39, 0.29) is 0 Å². The lowest BCUT2D eigenvalue weighted by atomic mass is 10.3. The summed E-state index contributed by atoms with van der Waals surface area (Å²) in [6.45, 7) is 6.42. The molecule has 8 nitrogen and oxygen atoms in total. The van der Waals surface area contributed by atoms with Gasteiger partial charge in [-0.25, -0.2) is 13.4 Å². The van der Waals surface area contributed by atoms with Gasteiger partial charge in [-0.2, -0.15) is 9.40 Å². The molecule has 2 aromatic heterocycles. The number of rotatable bonds is 4. The summed E-state index contributed by atoms with van der Waals surface area (Å²) in [5, 5.41) is 6.77. The molecule has 0 saturated carbocycles. The minimum Gasteiger partial charge on any atom is -0.341 e. The number of benzene rings is 1. The smallest absolute Gasteiger partial charge is 0.246 e. The number of hydrogen-bond donors (Lipinski definition) is 2. The summed E-state index contributed by atoms with van der Waals surface area (Å²) in [4.78, 5) is 10.5. The third kappa shape index (κ3) is 3.02. The molecule has 0 bridgehead atoms. The molecule has 0 radical (unpaired) electrons. The van der Waals surface area contributed by atoms with Gasteiger partial charge in [-0.3, -0.25) is 10.00 Å². The highest BCUT2D eigenvalue weighted by molar-refractivity contribution is 7.89. The average molecular weight is 374 g/mol. The highest BCUT2D eigenvalue weighted by Crippen LogP contribution is 2.23. The number of nitrogens with one attached hydrogen (secondary N) is 2. The Labute approximate surface area is 152 Å². The topological polar surface area (TPSA) is 98.0 Å². The van der Waals surface area contributed by atoms with Gasteiger partial charge < -0.3 is 4.98 Å². The number of sulfonamides is 1. The zero-order chi connectivity index (χ0) is 18.3. The third-order valence-corrected chi connectivity index (χ3v) is 6.96. The van der Waals surface area contributed by atoms with Crippen molar-refractivity contribution in [2.75, 3.05) is 26.2 Å². The number of piperazine rings is 1. The number of aromatic nitrogens is 4. The highest BCUT2D eigenvalue weighted by Gasteiger charge is 2.32. The van der Waals surface area contributed by atoms with E-state index in [0.717, 1.165) is 16.9 Å². The molecule has 1 aliphatic rings. The standard InChI is InChI=1S/C17H22N6O2S/c1-12-17(13(2)21-20-12)26(24,25)23-9-7-22(8-10-23)11-16-18-14-5-3-4-6-15(14)19-16/h3-6H,7-11H2,1-2H3,(H,18,19)(H,20,21). The van der Waals surface area contributed by atoms with Crippen LogP contribution in [0.4, 0.5) is 0 Å². The monoisotopic (exact) mass is 374 g/mol. The van der Waals surface area contributed by atoms with Crippen LogP contribution in [0.3, 0.4) is 0 Å². The molecule has 0 unspecified atom stereocenters. The Morgan fingerprint density at radius 2 is 1.85 bits per heavy atom. The molecule has 0 atom stereocenters. The van der Waals surface area contributed by atoms with E-state index in [4.69, 9.17) is 0 Å². The van der Waals surface area contributed by atoms with Crippen LogP contribution in [0.15, 0.2) is 29.2 Å². The van der Waals surface area contributed by atoms with E-state index in [1.807, 2.05) is 24.3 Å². The van der Waals surface area contributed by atoms with Crippen LogP contribution in [0.5, 0.6) is 0 Å². The van der Waals surface area contributed by atoms with Gasteiger partial charge >= 0.3 is 0 Å². The van der Waals surface area contributed by atoms with Gasteiger partial charge in [0.15, 0.2) is 0 Å². The number of para-hydroxylation sites is 2. The van der Waals surface area contributed by atoms with E-state index in [0.29, 0.717) is 49.0 Å². The van der Waals surface area contributed by atoms with Crippen LogP contribution >= 0.6 is 0 Å². The van der Waals surface area contributed by atoms with Gasteiger partial charge in [0.05, 0.1) is 29.0 Å². The molecule has 0 amide bonds. The number of imidazole rings is 1. The first kappa shape index (κ1) is 17.2. The molecular weight excluding hydrogens is 352 g/mol. The molecule has 26 heavy (non-hydrogen) atoms. The Bertz CT molecular complexity index is 978. The van der Waals surface area contributed by atoms with Crippen molar-refractivity contribution in [1.82, 2.24) is 29.4 Å². The van der Waals surface area contributed by atoms with Crippen molar-refractivity contribution in [3.8, 4) is 0 Å². The third-order valence-electron chi connectivity index (χ3n) is 4.80. The first-order valence-electron chi connectivity index (χ1n) is 8.63. The Hall–Kier alpha value is -2.23. The summed E-state index contributed by atoms with van der Waals surface area (Å²) in [7, 11) is -3.51. The molecule has 138 valence electrons. The zero-order valence-corrected chi connectivity index (χ0v) is 15.7. The predicted octanol–water partition coefficient (Wildman–Crippen LogP) is 1.41. The van der Waals surface area contributed by atoms with Gasteiger partial charge in [0.2, 0.25) is 10.0 Å². The van der Waals surface area contributed by atoms with Crippen molar-refractivity contribution in [3.63, 3.8) is 0 Å². The number of H-pyrrole nitrogens is 2. The van der Waals surface area contributed by atoms with Crippen LogP contribution in [0, 0.1) is 13.8 Å². The van der Waals surface area contributed by atoms with E-state index in [2.05, 4.69) is 25.1 Å². The molecule has 9 heteroatoms. The van der Waals surface area contributed by atoms with Gasteiger partial charge in [0, 0.05) is 26.2 Å². The van der Waals surface area contributed by atoms with Crippen molar-refractivity contribution in [2.24, 2.45) is 0 Å². The number of nitrogens with zero attached hydrogens (tertiary/aromatic N) is 4. The van der Waals surface area contributed by atoms with Crippen LogP contribution in [0.25, 0.3) is 11.0 Å². The molecular formula is C17H22N6O2S. The fraction of sp³-hybridized carbons (Fsp3) is 0.412. The van der Waals surface area contributed by atoms with Crippen molar-refractivity contribution in [1.29, 1.82) is 0 Å². The van der Waals surface area contributed by atoms with Gasteiger partial charge in [-0.05, 0) is 26.0 Å². The number of aryl methyl sites for hydroxylation is 2. The highest BCUT2D eigenvalue weighted by atomic mass is 32.2. The molecule has 3 aromatic rings. The molecule has 0 aliphatic carbocycles. The summed E-state index contributed by atoms with van der Waals surface area (Å²) in [5.74, 6) is 0.907. The molecule has 1 aromatic carbocycles. The zero-order valence-electron chi connectivity index (χ0n) is 14.9. The number of hydrogen-bond acceptors (Lipinski definition) is 5. The largest absolute Gasteiger partial charge is 0.341 e.